The smallest absolute Gasteiger partial charge is 0.338 e. The fourth-order valence-corrected chi connectivity index (χ4v) is 1.66. The van der Waals surface area contributed by atoms with Gasteiger partial charge < -0.3 is 11.1 Å². The van der Waals surface area contributed by atoms with Crippen LogP contribution in [0.1, 0.15) is 19.8 Å². The van der Waals surface area contributed by atoms with Crippen molar-refractivity contribution in [3.8, 4) is 0 Å². The number of hydroxylamine groups is 2. The zero-order valence-electron chi connectivity index (χ0n) is 7.86. The Morgan fingerprint density at radius 2 is 2.46 bits per heavy atom. The highest BCUT2D eigenvalue weighted by molar-refractivity contribution is 5.70. The second-order valence-corrected chi connectivity index (χ2v) is 3.70. The Morgan fingerprint density at radius 3 is 3.00 bits per heavy atom. The van der Waals surface area contributed by atoms with Crippen LogP contribution in [0.25, 0.3) is 0 Å². The molecule has 1 aliphatic heterocycles. The molecule has 2 atom stereocenters. The number of nitrogens with zero attached hydrogens (tertiary/aromatic N) is 1. The number of nitrogens with two attached hydrogens (primary N) is 1. The number of piperidine rings is 1. The van der Waals surface area contributed by atoms with Gasteiger partial charge >= 0.3 is 6.03 Å². The summed E-state index contributed by atoms with van der Waals surface area (Å²) in [7, 11) is 0. The van der Waals surface area contributed by atoms with E-state index in [1.54, 1.807) is 0 Å². The van der Waals surface area contributed by atoms with Crippen LogP contribution in [0.4, 0.5) is 4.79 Å². The monoisotopic (exact) mass is 187 g/mol. The van der Waals surface area contributed by atoms with Crippen LogP contribution in [0.5, 0.6) is 0 Å². The molecular weight excluding hydrogens is 170 g/mol. The maximum absolute atomic E-state index is 10.5. The number of hydrogen-bond acceptors (Lipinski definition) is 3. The van der Waals surface area contributed by atoms with Gasteiger partial charge in [-0.05, 0) is 25.3 Å². The number of rotatable bonds is 2. The predicted octanol–water partition coefficient (Wildman–Crippen LogP) is 0.144. The SMILES string of the molecule is CC1CCN[C@@H](CN(O)C(N)=O)C1. The van der Waals surface area contributed by atoms with Crippen LogP contribution in [-0.4, -0.2) is 35.4 Å². The van der Waals surface area contributed by atoms with Gasteiger partial charge in [0.05, 0.1) is 6.54 Å². The fraction of sp³-hybridized carbons (Fsp3) is 0.875. The van der Waals surface area contributed by atoms with Crippen molar-refractivity contribution in [3.63, 3.8) is 0 Å². The van der Waals surface area contributed by atoms with Crippen LogP contribution in [0, 0.1) is 5.92 Å². The summed E-state index contributed by atoms with van der Waals surface area (Å²) in [4.78, 5) is 10.5. The van der Waals surface area contributed by atoms with Crippen molar-refractivity contribution < 1.29 is 10.0 Å². The summed E-state index contributed by atoms with van der Waals surface area (Å²) in [5.41, 5.74) is 4.90. The molecule has 0 aromatic carbocycles. The lowest BCUT2D eigenvalue weighted by Crippen LogP contribution is -2.47. The maximum Gasteiger partial charge on any atom is 0.338 e. The third-order valence-electron chi connectivity index (χ3n) is 2.40. The Hall–Kier alpha value is -0.810. The van der Waals surface area contributed by atoms with E-state index in [2.05, 4.69) is 12.2 Å². The van der Waals surface area contributed by atoms with E-state index in [0.29, 0.717) is 11.0 Å². The van der Waals surface area contributed by atoms with Gasteiger partial charge in [-0.1, -0.05) is 6.92 Å². The summed E-state index contributed by atoms with van der Waals surface area (Å²) in [6, 6.07) is -0.624. The van der Waals surface area contributed by atoms with E-state index >= 15 is 0 Å². The summed E-state index contributed by atoms with van der Waals surface area (Å²) >= 11 is 0. The van der Waals surface area contributed by atoms with Crippen LogP contribution >= 0.6 is 0 Å². The Morgan fingerprint density at radius 1 is 1.77 bits per heavy atom. The molecule has 13 heavy (non-hydrogen) atoms. The largest absolute Gasteiger partial charge is 0.350 e. The van der Waals surface area contributed by atoms with E-state index in [-0.39, 0.29) is 12.6 Å². The van der Waals surface area contributed by atoms with Gasteiger partial charge in [-0.15, -0.1) is 0 Å². The molecule has 0 aliphatic carbocycles. The third kappa shape index (κ3) is 3.20. The van der Waals surface area contributed by atoms with Crippen LogP contribution in [0.2, 0.25) is 0 Å². The molecule has 2 amide bonds. The number of urea groups is 1. The molecule has 0 saturated carbocycles. The normalized spacial score (nSPS) is 28.5. The van der Waals surface area contributed by atoms with E-state index in [9.17, 15) is 4.79 Å². The number of primary amides is 1. The minimum atomic E-state index is -0.792. The first-order valence-corrected chi connectivity index (χ1v) is 4.59. The fourth-order valence-electron chi connectivity index (χ4n) is 1.66. The van der Waals surface area contributed by atoms with Crippen molar-refractivity contribution in [2.75, 3.05) is 13.1 Å². The van der Waals surface area contributed by atoms with Crippen molar-refractivity contribution >= 4 is 6.03 Å². The summed E-state index contributed by atoms with van der Waals surface area (Å²) in [5, 5.41) is 12.9. The Labute approximate surface area is 77.8 Å². The maximum atomic E-state index is 10.5. The van der Waals surface area contributed by atoms with Gasteiger partial charge in [0.2, 0.25) is 0 Å². The van der Waals surface area contributed by atoms with Gasteiger partial charge in [-0.2, -0.15) is 0 Å². The Balaban J connectivity index is 2.31. The molecule has 76 valence electrons. The van der Waals surface area contributed by atoms with E-state index in [1.807, 2.05) is 0 Å². The van der Waals surface area contributed by atoms with Gasteiger partial charge in [0.1, 0.15) is 0 Å². The zero-order chi connectivity index (χ0) is 9.84. The molecule has 0 aromatic rings. The Bertz CT molecular complexity index is 186. The number of hydrogen-bond donors (Lipinski definition) is 3. The summed E-state index contributed by atoms with van der Waals surface area (Å²) in [6.45, 7) is 3.39. The van der Waals surface area contributed by atoms with Crippen LogP contribution in [0.15, 0.2) is 0 Å². The molecule has 1 fully saturated rings. The zero-order valence-corrected chi connectivity index (χ0v) is 7.86. The molecule has 1 unspecified atom stereocenters. The summed E-state index contributed by atoms with van der Waals surface area (Å²) in [5.74, 6) is 0.646. The van der Waals surface area contributed by atoms with E-state index in [1.165, 1.54) is 0 Å². The van der Waals surface area contributed by atoms with Crippen LogP contribution in [-0.2, 0) is 0 Å². The highest BCUT2D eigenvalue weighted by atomic mass is 16.5. The van der Waals surface area contributed by atoms with Crippen molar-refractivity contribution in [2.45, 2.75) is 25.8 Å². The van der Waals surface area contributed by atoms with Crippen molar-refractivity contribution in [3.05, 3.63) is 0 Å². The molecule has 5 heteroatoms. The molecule has 1 aliphatic rings. The Kier molecular flexibility index (Phi) is 3.50. The van der Waals surface area contributed by atoms with Crippen molar-refractivity contribution in [2.24, 2.45) is 11.7 Å². The molecule has 0 bridgehead atoms. The minimum absolute atomic E-state index is 0.168. The highest BCUT2D eigenvalue weighted by Gasteiger charge is 2.21. The molecule has 5 nitrogen and oxygen atoms in total. The van der Waals surface area contributed by atoms with Crippen molar-refractivity contribution in [1.29, 1.82) is 0 Å². The first-order valence-electron chi connectivity index (χ1n) is 4.59. The highest BCUT2D eigenvalue weighted by Crippen LogP contribution is 2.15. The first kappa shape index (κ1) is 10.3. The minimum Gasteiger partial charge on any atom is -0.350 e. The molecule has 1 heterocycles. The molecule has 0 radical (unpaired) electrons. The quantitative estimate of drug-likeness (QED) is 0.425. The second-order valence-electron chi connectivity index (χ2n) is 3.70. The average Bonchev–Trinajstić information content (AvgIpc) is 2.04. The average molecular weight is 187 g/mol. The van der Waals surface area contributed by atoms with Gasteiger partial charge in [0.15, 0.2) is 0 Å². The number of carbonyl (C=O) groups is 1. The summed E-state index contributed by atoms with van der Waals surface area (Å²) in [6.07, 6.45) is 2.13. The molecular formula is C8H17N3O2. The molecule has 1 rings (SSSR count). The number of carbonyl (C=O) groups excluding carboxylic acids is 1. The van der Waals surface area contributed by atoms with E-state index in [4.69, 9.17) is 10.9 Å². The first-order chi connectivity index (χ1) is 6.09. The van der Waals surface area contributed by atoms with Crippen molar-refractivity contribution in [1.82, 2.24) is 10.4 Å². The lowest BCUT2D eigenvalue weighted by atomic mass is 9.94. The van der Waals surface area contributed by atoms with Crippen LogP contribution in [0.3, 0.4) is 0 Å². The van der Waals surface area contributed by atoms with Gasteiger partial charge in [0.25, 0.3) is 0 Å². The number of nitrogens with one attached hydrogen (secondary N) is 1. The predicted molar refractivity (Wildman–Crippen MR) is 48.3 cm³/mol. The topological polar surface area (TPSA) is 78.6 Å². The van der Waals surface area contributed by atoms with E-state index in [0.717, 1.165) is 19.4 Å². The lowest BCUT2D eigenvalue weighted by Gasteiger charge is -2.29. The van der Waals surface area contributed by atoms with Gasteiger partial charge in [-0.3, -0.25) is 5.21 Å². The second kappa shape index (κ2) is 4.43. The van der Waals surface area contributed by atoms with E-state index < -0.39 is 6.03 Å². The standard InChI is InChI=1S/C8H17N3O2/c1-6-2-3-10-7(4-6)5-11(13)8(9)12/h6-7,10,13H,2-5H2,1H3,(H2,9,12)/t6?,7-/m1/s1. The molecule has 0 spiro atoms. The van der Waals surface area contributed by atoms with Gasteiger partial charge in [-0.25, -0.2) is 9.86 Å². The van der Waals surface area contributed by atoms with Gasteiger partial charge in [0, 0.05) is 6.04 Å². The molecule has 4 N–H and O–H groups in total. The third-order valence-corrected chi connectivity index (χ3v) is 2.40. The summed E-state index contributed by atoms with van der Waals surface area (Å²) < 4.78 is 0. The molecule has 1 saturated heterocycles. The van der Waals surface area contributed by atoms with Crippen LogP contribution < -0.4 is 11.1 Å². The lowest BCUT2D eigenvalue weighted by molar-refractivity contribution is -0.0486. The molecule has 0 aromatic heterocycles. The number of amides is 2.